The zero-order valence-electron chi connectivity index (χ0n) is 11.6. The quantitative estimate of drug-likeness (QED) is 0.512. The molecule has 0 bridgehead atoms. The van der Waals surface area contributed by atoms with Crippen molar-refractivity contribution in [3.8, 4) is 0 Å². The molecule has 1 aromatic carbocycles. The van der Waals surface area contributed by atoms with E-state index >= 15 is 0 Å². The first kappa shape index (κ1) is 14.4. The van der Waals surface area contributed by atoms with Gasteiger partial charge in [0.1, 0.15) is 0 Å². The maximum Gasteiger partial charge on any atom is 0.269 e. The van der Waals surface area contributed by atoms with Crippen LogP contribution in [-0.4, -0.2) is 21.0 Å². The fourth-order valence-corrected chi connectivity index (χ4v) is 1.78. The smallest absolute Gasteiger partial charge is 0.269 e. The number of aromatic amines is 1. The number of H-pyrrole nitrogens is 1. The molecule has 7 nitrogen and oxygen atoms in total. The zero-order chi connectivity index (χ0) is 15.4. The third-order valence-electron chi connectivity index (χ3n) is 2.91. The van der Waals surface area contributed by atoms with E-state index in [4.69, 9.17) is 0 Å². The van der Waals surface area contributed by atoms with E-state index in [0.29, 0.717) is 16.9 Å². The van der Waals surface area contributed by atoms with Crippen molar-refractivity contribution in [3.05, 3.63) is 57.4 Å². The summed E-state index contributed by atoms with van der Waals surface area (Å²) in [5, 5.41) is 20.0. The Morgan fingerprint density at radius 1 is 1.33 bits per heavy atom. The van der Waals surface area contributed by atoms with E-state index in [0.717, 1.165) is 5.69 Å². The Kier molecular flexibility index (Phi) is 4.13. The van der Waals surface area contributed by atoms with Crippen molar-refractivity contribution in [1.29, 1.82) is 0 Å². The standard InChI is InChI=1S/C14H14N4O3/c1-9-14(10(2)17-16-9)15-13(19)8-5-11-3-6-12(7-4-11)18(20)21/h3-8H,1-2H3,(H,15,19)(H,16,17)/b8-5+. The van der Waals surface area contributed by atoms with Crippen LogP contribution in [0.1, 0.15) is 17.0 Å². The molecule has 0 aliphatic carbocycles. The maximum atomic E-state index is 11.8. The molecule has 0 fully saturated rings. The van der Waals surface area contributed by atoms with E-state index in [-0.39, 0.29) is 11.6 Å². The molecular weight excluding hydrogens is 272 g/mol. The molecule has 0 saturated heterocycles. The fourth-order valence-electron chi connectivity index (χ4n) is 1.78. The van der Waals surface area contributed by atoms with Gasteiger partial charge >= 0.3 is 0 Å². The molecule has 0 radical (unpaired) electrons. The van der Waals surface area contributed by atoms with Crippen LogP contribution in [0.25, 0.3) is 6.08 Å². The largest absolute Gasteiger partial charge is 0.319 e. The predicted molar refractivity (Wildman–Crippen MR) is 78.8 cm³/mol. The lowest BCUT2D eigenvalue weighted by Gasteiger charge is -2.01. The first-order valence-corrected chi connectivity index (χ1v) is 6.22. The molecule has 0 atom stereocenters. The first-order valence-electron chi connectivity index (χ1n) is 6.22. The summed E-state index contributed by atoms with van der Waals surface area (Å²) in [6.45, 7) is 3.61. The minimum Gasteiger partial charge on any atom is -0.319 e. The monoisotopic (exact) mass is 286 g/mol. The van der Waals surface area contributed by atoms with Crippen LogP contribution >= 0.6 is 0 Å². The SMILES string of the molecule is Cc1n[nH]c(C)c1NC(=O)/C=C/c1ccc([N+](=O)[O-])cc1. The molecule has 0 saturated carbocycles. The van der Waals surface area contributed by atoms with Gasteiger partial charge < -0.3 is 5.32 Å². The number of hydrogen-bond acceptors (Lipinski definition) is 4. The van der Waals surface area contributed by atoms with Crippen LogP contribution in [0.5, 0.6) is 0 Å². The van der Waals surface area contributed by atoms with Gasteiger partial charge in [-0.1, -0.05) is 0 Å². The van der Waals surface area contributed by atoms with Gasteiger partial charge in [-0.05, 0) is 37.6 Å². The normalized spacial score (nSPS) is 10.8. The van der Waals surface area contributed by atoms with Crippen molar-refractivity contribution in [1.82, 2.24) is 10.2 Å². The van der Waals surface area contributed by atoms with E-state index in [1.165, 1.54) is 18.2 Å². The molecule has 0 aliphatic heterocycles. The lowest BCUT2D eigenvalue weighted by Crippen LogP contribution is -2.09. The Hall–Kier alpha value is -2.96. The van der Waals surface area contributed by atoms with Gasteiger partial charge in [-0.2, -0.15) is 5.10 Å². The summed E-state index contributed by atoms with van der Waals surface area (Å²) in [6, 6.07) is 5.94. The number of nitrogens with zero attached hydrogens (tertiary/aromatic N) is 2. The van der Waals surface area contributed by atoms with Crippen LogP contribution in [0.15, 0.2) is 30.3 Å². The number of nitrogens with one attached hydrogen (secondary N) is 2. The summed E-state index contributed by atoms with van der Waals surface area (Å²) >= 11 is 0. The van der Waals surface area contributed by atoms with Crippen molar-refractivity contribution in [2.75, 3.05) is 5.32 Å². The topological polar surface area (TPSA) is 101 Å². The summed E-state index contributed by atoms with van der Waals surface area (Å²) in [6.07, 6.45) is 2.96. The number of nitro groups is 1. The lowest BCUT2D eigenvalue weighted by atomic mass is 10.2. The Labute approximate surface area is 120 Å². The van der Waals surface area contributed by atoms with E-state index < -0.39 is 4.92 Å². The number of carbonyl (C=O) groups is 1. The third-order valence-corrected chi connectivity index (χ3v) is 2.91. The highest BCUT2D eigenvalue weighted by Gasteiger charge is 2.08. The summed E-state index contributed by atoms with van der Waals surface area (Å²) in [7, 11) is 0. The van der Waals surface area contributed by atoms with Crippen LogP contribution in [0.2, 0.25) is 0 Å². The highest BCUT2D eigenvalue weighted by molar-refractivity contribution is 6.02. The highest BCUT2D eigenvalue weighted by Crippen LogP contribution is 2.16. The fraction of sp³-hybridized carbons (Fsp3) is 0.143. The molecule has 2 aromatic rings. The van der Waals surface area contributed by atoms with E-state index in [1.807, 2.05) is 6.92 Å². The van der Waals surface area contributed by atoms with Crippen LogP contribution in [0, 0.1) is 24.0 Å². The Morgan fingerprint density at radius 2 is 2.00 bits per heavy atom. The van der Waals surface area contributed by atoms with Gasteiger partial charge in [0.15, 0.2) is 0 Å². The number of nitro benzene ring substituents is 1. The number of carbonyl (C=O) groups excluding carboxylic acids is 1. The minimum atomic E-state index is -0.468. The molecule has 21 heavy (non-hydrogen) atoms. The van der Waals surface area contributed by atoms with Crippen molar-refractivity contribution in [3.63, 3.8) is 0 Å². The number of anilines is 1. The van der Waals surface area contributed by atoms with Crippen molar-refractivity contribution < 1.29 is 9.72 Å². The highest BCUT2D eigenvalue weighted by atomic mass is 16.6. The second kappa shape index (κ2) is 6.00. The Morgan fingerprint density at radius 3 is 2.52 bits per heavy atom. The number of rotatable bonds is 4. The predicted octanol–water partition coefficient (Wildman–Crippen LogP) is 2.59. The third kappa shape index (κ3) is 3.53. The average molecular weight is 286 g/mol. The van der Waals surface area contributed by atoms with Crippen molar-refractivity contribution in [2.24, 2.45) is 0 Å². The number of benzene rings is 1. The molecule has 1 amide bonds. The van der Waals surface area contributed by atoms with Crippen LogP contribution in [0.3, 0.4) is 0 Å². The molecule has 2 N–H and O–H groups in total. The maximum absolute atomic E-state index is 11.8. The molecule has 2 rings (SSSR count). The molecular formula is C14H14N4O3. The molecule has 0 aliphatic rings. The van der Waals surface area contributed by atoms with Gasteiger partial charge in [-0.3, -0.25) is 20.0 Å². The van der Waals surface area contributed by atoms with Gasteiger partial charge in [0.25, 0.3) is 5.69 Å². The Balaban J connectivity index is 2.03. The average Bonchev–Trinajstić information content (AvgIpc) is 2.77. The van der Waals surface area contributed by atoms with Crippen LogP contribution < -0.4 is 5.32 Å². The summed E-state index contributed by atoms with van der Waals surface area (Å²) < 4.78 is 0. The van der Waals surface area contributed by atoms with Gasteiger partial charge in [-0.25, -0.2) is 0 Å². The minimum absolute atomic E-state index is 0.0150. The summed E-state index contributed by atoms with van der Waals surface area (Å²) in [5.74, 6) is -0.291. The van der Waals surface area contributed by atoms with Gasteiger partial charge in [0, 0.05) is 18.2 Å². The summed E-state index contributed by atoms with van der Waals surface area (Å²) in [4.78, 5) is 21.9. The van der Waals surface area contributed by atoms with Gasteiger partial charge in [-0.15, -0.1) is 0 Å². The van der Waals surface area contributed by atoms with Crippen LogP contribution in [0.4, 0.5) is 11.4 Å². The van der Waals surface area contributed by atoms with Crippen LogP contribution in [-0.2, 0) is 4.79 Å². The van der Waals surface area contributed by atoms with E-state index in [9.17, 15) is 14.9 Å². The van der Waals surface area contributed by atoms with E-state index in [1.54, 1.807) is 25.1 Å². The number of aryl methyl sites for hydroxylation is 2. The van der Waals surface area contributed by atoms with Crippen molar-refractivity contribution >= 4 is 23.4 Å². The molecule has 1 heterocycles. The van der Waals surface area contributed by atoms with Crippen molar-refractivity contribution in [2.45, 2.75) is 13.8 Å². The summed E-state index contributed by atoms with van der Waals surface area (Å²) in [5.41, 5.74) is 2.88. The molecule has 1 aromatic heterocycles. The lowest BCUT2D eigenvalue weighted by molar-refractivity contribution is -0.384. The van der Waals surface area contributed by atoms with Gasteiger partial charge in [0.05, 0.1) is 22.0 Å². The number of aromatic nitrogens is 2. The zero-order valence-corrected chi connectivity index (χ0v) is 11.6. The second-order valence-electron chi connectivity index (χ2n) is 4.48. The first-order chi connectivity index (χ1) is 9.97. The molecule has 0 unspecified atom stereocenters. The number of non-ortho nitro benzene ring substituents is 1. The van der Waals surface area contributed by atoms with Gasteiger partial charge in [0.2, 0.25) is 5.91 Å². The Bertz CT molecular complexity index is 682. The molecule has 108 valence electrons. The molecule has 0 spiro atoms. The second-order valence-corrected chi connectivity index (χ2v) is 4.48. The molecule has 7 heteroatoms. The number of amides is 1. The number of hydrogen-bond donors (Lipinski definition) is 2. The van der Waals surface area contributed by atoms with E-state index in [2.05, 4.69) is 15.5 Å².